The zero-order chi connectivity index (χ0) is 46.6. The molecule has 0 saturated heterocycles. The van der Waals surface area contributed by atoms with E-state index in [0.717, 1.165) is 85.2 Å². The van der Waals surface area contributed by atoms with Crippen LogP contribution < -0.4 is 5.32 Å². The summed E-state index contributed by atoms with van der Waals surface area (Å²) in [5, 5.41) is 15.5. The number of amidine groups is 2. The molecule has 2 unspecified atom stereocenters. The maximum atomic E-state index is 6.74. The molecule has 3 heterocycles. The van der Waals surface area contributed by atoms with Gasteiger partial charge in [0.25, 0.3) is 0 Å². The van der Waals surface area contributed by atoms with Gasteiger partial charge in [0.05, 0.1) is 16.7 Å². The first kappa shape index (κ1) is 39.9. The number of hydrogen-bond donors (Lipinski definition) is 1. The molecule has 1 aliphatic heterocycles. The summed E-state index contributed by atoms with van der Waals surface area (Å²) in [6, 6.07) is 81.4. The normalized spacial score (nSPS) is 15.4. The van der Waals surface area contributed by atoms with Gasteiger partial charge < -0.3 is 14.3 Å². The maximum Gasteiger partial charge on any atom is 0.172 e. The summed E-state index contributed by atoms with van der Waals surface area (Å²) in [5.74, 6) is 1.80. The number of nitrogens with one attached hydrogen (secondary N) is 1. The van der Waals surface area contributed by atoms with Crippen LogP contribution in [0.4, 0.5) is 0 Å². The van der Waals surface area contributed by atoms with Gasteiger partial charge >= 0.3 is 0 Å². The molecule has 5 heteroatoms. The molecule has 13 aromatic rings. The third-order valence-corrected chi connectivity index (χ3v) is 15.2. The molecule has 11 aromatic carbocycles. The number of hydrogen-bond acceptors (Lipinski definition) is 4. The summed E-state index contributed by atoms with van der Waals surface area (Å²) >= 11 is 0. The SMILES string of the molecule is c1ccc(CCC2c3ccccc3-c3ccc(C4=NC(c5c(-n6c7cc8ccccc8cc7c7c8ccccc8ccc76)ccc6oc7ccccc7c56)N=C(c5ccc6ccccc6c5)N4)cc32)cc1. The number of aliphatic imine (C=N–C) groups is 2. The van der Waals surface area contributed by atoms with E-state index in [9.17, 15) is 0 Å². The molecule has 334 valence electrons. The minimum absolute atomic E-state index is 0.245. The largest absolute Gasteiger partial charge is 0.456 e. The fourth-order valence-electron chi connectivity index (χ4n) is 12.0. The average Bonchev–Trinajstić information content (AvgIpc) is 4.08. The Morgan fingerprint density at radius 2 is 1.08 bits per heavy atom. The summed E-state index contributed by atoms with van der Waals surface area (Å²) in [4.78, 5) is 11.5. The van der Waals surface area contributed by atoms with Gasteiger partial charge in [0.2, 0.25) is 0 Å². The molecule has 0 spiro atoms. The molecule has 5 nitrogen and oxygen atoms in total. The van der Waals surface area contributed by atoms with Crippen LogP contribution in [0.25, 0.3) is 92.9 Å². The number of para-hydroxylation sites is 1. The number of furan rings is 1. The van der Waals surface area contributed by atoms with Crippen LogP contribution in [0.1, 0.15) is 51.9 Å². The third kappa shape index (κ3) is 6.33. The lowest BCUT2D eigenvalue weighted by molar-refractivity contribution is 0.667. The van der Waals surface area contributed by atoms with Gasteiger partial charge in [0, 0.05) is 44.2 Å². The summed E-state index contributed by atoms with van der Waals surface area (Å²) in [7, 11) is 0. The van der Waals surface area contributed by atoms with Crippen LogP contribution in [0.15, 0.2) is 239 Å². The Morgan fingerprint density at radius 1 is 0.437 bits per heavy atom. The van der Waals surface area contributed by atoms with E-state index in [2.05, 4.69) is 228 Å². The van der Waals surface area contributed by atoms with Crippen LogP contribution in [0.2, 0.25) is 0 Å². The van der Waals surface area contributed by atoms with E-state index in [4.69, 9.17) is 14.4 Å². The smallest absolute Gasteiger partial charge is 0.172 e. The topological polar surface area (TPSA) is 54.8 Å². The van der Waals surface area contributed by atoms with E-state index >= 15 is 0 Å². The monoisotopic (exact) mass is 908 g/mol. The summed E-state index contributed by atoms with van der Waals surface area (Å²) < 4.78 is 9.21. The lowest BCUT2D eigenvalue weighted by atomic mass is 9.89. The molecule has 71 heavy (non-hydrogen) atoms. The minimum atomic E-state index is -0.667. The van der Waals surface area contributed by atoms with E-state index in [1.54, 1.807) is 0 Å². The van der Waals surface area contributed by atoms with Crippen molar-refractivity contribution in [2.45, 2.75) is 24.9 Å². The molecular formula is C66H44N4O. The second-order valence-corrected chi connectivity index (χ2v) is 19.2. The zero-order valence-electron chi connectivity index (χ0n) is 38.7. The van der Waals surface area contributed by atoms with Gasteiger partial charge in [-0.2, -0.15) is 0 Å². The van der Waals surface area contributed by atoms with Gasteiger partial charge in [-0.3, -0.25) is 0 Å². The van der Waals surface area contributed by atoms with Gasteiger partial charge in [-0.1, -0.05) is 176 Å². The van der Waals surface area contributed by atoms with Crippen LogP contribution in [-0.4, -0.2) is 16.2 Å². The van der Waals surface area contributed by atoms with E-state index in [1.165, 1.54) is 65.5 Å². The fraction of sp³-hybridized carbons (Fsp3) is 0.0606. The average molecular weight is 909 g/mol. The summed E-state index contributed by atoms with van der Waals surface area (Å²) in [5.41, 5.74) is 14.6. The molecule has 2 atom stereocenters. The maximum absolute atomic E-state index is 6.74. The first-order valence-corrected chi connectivity index (χ1v) is 24.7. The zero-order valence-corrected chi connectivity index (χ0v) is 38.7. The molecule has 15 rings (SSSR count). The highest BCUT2D eigenvalue weighted by atomic mass is 16.3. The predicted octanol–water partition coefficient (Wildman–Crippen LogP) is 16.4. The highest BCUT2D eigenvalue weighted by molar-refractivity contribution is 6.24. The highest BCUT2D eigenvalue weighted by Gasteiger charge is 2.32. The lowest BCUT2D eigenvalue weighted by Gasteiger charge is -2.25. The van der Waals surface area contributed by atoms with E-state index in [1.807, 2.05) is 6.07 Å². The highest BCUT2D eigenvalue weighted by Crippen LogP contribution is 2.48. The molecule has 0 radical (unpaired) electrons. The van der Waals surface area contributed by atoms with Crippen LogP contribution in [0.5, 0.6) is 0 Å². The van der Waals surface area contributed by atoms with Crippen molar-refractivity contribution in [1.29, 1.82) is 0 Å². The number of aryl methyl sites for hydroxylation is 1. The second kappa shape index (κ2) is 15.7. The molecule has 0 bridgehead atoms. The van der Waals surface area contributed by atoms with Gasteiger partial charge in [0.1, 0.15) is 22.8 Å². The van der Waals surface area contributed by atoms with Crippen molar-refractivity contribution in [3.05, 3.63) is 258 Å². The van der Waals surface area contributed by atoms with Crippen molar-refractivity contribution in [3.63, 3.8) is 0 Å². The van der Waals surface area contributed by atoms with Gasteiger partial charge in [0.15, 0.2) is 6.17 Å². The summed E-state index contributed by atoms with van der Waals surface area (Å²) in [6.07, 6.45) is 1.33. The molecule has 1 N–H and O–H groups in total. The lowest BCUT2D eigenvalue weighted by Crippen LogP contribution is -2.36. The predicted molar refractivity (Wildman–Crippen MR) is 294 cm³/mol. The first-order valence-electron chi connectivity index (χ1n) is 24.7. The van der Waals surface area contributed by atoms with Crippen molar-refractivity contribution >= 4 is 87.7 Å². The number of benzene rings is 11. The number of aromatic nitrogens is 1. The van der Waals surface area contributed by atoms with Crippen molar-refractivity contribution < 1.29 is 4.42 Å². The molecule has 2 aliphatic rings. The van der Waals surface area contributed by atoms with Crippen LogP contribution in [0.3, 0.4) is 0 Å². The van der Waals surface area contributed by atoms with Crippen LogP contribution >= 0.6 is 0 Å². The molecule has 1 aliphatic carbocycles. The van der Waals surface area contributed by atoms with E-state index in [0.29, 0.717) is 0 Å². The Kier molecular flexibility index (Phi) is 8.84. The Labute approximate surface area is 409 Å². The molecule has 0 saturated carbocycles. The molecule has 2 aromatic heterocycles. The van der Waals surface area contributed by atoms with Gasteiger partial charge in [-0.15, -0.1) is 0 Å². The number of fused-ring (bicyclic) bond motifs is 13. The summed E-state index contributed by atoms with van der Waals surface area (Å²) in [6.45, 7) is 0. The number of nitrogens with zero attached hydrogens (tertiary/aromatic N) is 3. The van der Waals surface area contributed by atoms with Gasteiger partial charge in [-0.05, 0) is 122 Å². The Hall–Kier alpha value is -9.06. The Morgan fingerprint density at radius 3 is 1.93 bits per heavy atom. The van der Waals surface area contributed by atoms with E-state index in [-0.39, 0.29) is 5.92 Å². The molecule has 0 amide bonds. The fourth-order valence-corrected chi connectivity index (χ4v) is 12.0. The second-order valence-electron chi connectivity index (χ2n) is 19.2. The third-order valence-electron chi connectivity index (χ3n) is 15.2. The van der Waals surface area contributed by atoms with E-state index < -0.39 is 6.17 Å². The van der Waals surface area contributed by atoms with Crippen LogP contribution in [0, 0.1) is 0 Å². The number of rotatable bonds is 7. The van der Waals surface area contributed by atoms with Crippen molar-refractivity contribution in [2.75, 3.05) is 0 Å². The van der Waals surface area contributed by atoms with Gasteiger partial charge in [-0.25, -0.2) is 9.98 Å². The van der Waals surface area contributed by atoms with Crippen molar-refractivity contribution in [1.82, 2.24) is 9.88 Å². The van der Waals surface area contributed by atoms with Crippen LogP contribution in [-0.2, 0) is 6.42 Å². The Balaban J connectivity index is 0.994. The first-order chi connectivity index (χ1) is 35.2. The minimum Gasteiger partial charge on any atom is -0.456 e. The standard InChI is InChI=1S/C66H44N4O/c1-2-14-40(15-3-1)26-31-51-49-22-10-11-23-50(49)52-32-29-47(38-54(51)52)65-67-64(46-28-27-41-16-4-5-18-43(41)36-46)68-66(69-65)63-57(34-35-60-62(63)53-24-12-13-25-59(53)71-60)70-56-33-30-42-17-8-9-21-48(42)61(56)55-37-44-19-6-7-20-45(44)39-58(55)70/h1-25,27-30,32-39,51,66H,26,31H2,(H,67,68,69). The van der Waals surface area contributed by atoms with Crippen molar-refractivity contribution in [3.8, 4) is 16.8 Å². The molecular weight excluding hydrogens is 865 g/mol. The molecule has 0 fully saturated rings. The Bertz CT molecular complexity index is 4400. The quantitative estimate of drug-likeness (QED) is 0.173. The van der Waals surface area contributed by atoms with Crippen molar-refractivity contribution in [2.24, 2.45) is 9.98 Å².